The van der Waals surface area contributed by atoms with Crippen molar-refractivity contribution in [3.05, 3.63) is 48.1 Å². The molecular weight excluding hydrogens is 474 g/mol. The van der Waals surface area contributed by atoms with Gasteiger partial charge in [0, 0.05) is 74.5 Å². The van der Waals surface area contributed by atoms with E-state index >= 15 is 0 Å². The summed E-state index contributed by atoms with van der Waals surface area (Å²) >= 11 is 0. The van der Waals surface area contributed by atoms with Crippen LogP contribution in [0.5, 0.6) is 0 Å². The molecule has 2 unspecified atom stereocenters. The van der Waals surface area contributed by atoms with Crippen LogP contribution in [0.3, 0.4) is 0 Å². The molecule has 2 heterocycles. The number of nitrogens with one attached hydrogen (secondary N) is 2. The molecule has 0 saturated heterocycles. The average molecular weight is 504 g/mol. The van der Waals surface area contributed by atoms with Gasteiger partial charge in [0.1, 0.15) is 0 Å². The van der Waals surface area contributed by atoms with Crippen molar-refractivity contribution < 1.29 is 88.5 Å². The fourth-order valence-electron chi connectivity index (χ4n) is 3.62. The van der Waals surface area contributed by atoms with E-state index in [0.29, 0.717) is 17.6 Å². The number of rotatable bonds is 12. The molecule has 0 spiro atoms. The van der Waals surface area contributed by atoms with E-state index in [1.807, 2.05) is 24.6 Å². The van der Waals surface area contributed by atoms with E-state index in [0.717, 1.165) is 0 Å². The molecule has 0 fully saturated rings. The van der Waals surface area contributed by atoms with Crippen LogP contribution >= 0.6 is 0 Å². The minimum absolute atomic E-state index is 0. The van der Waals surface area contributed by atoms with Crippen LogP contribution < -0.4 is 80.0 Å². The molecule has 0 radical (unpaired) electrons. The SMILES string of the molecule is CN1C=CC(CC2C=CN(C)C=C2C(=O)NCCCC(=O)[O-])C(C(=O)NCCCC(=O)[O-])=C1.[Na+].[Na+]. The smallest absolute Gasteiger partial charge is 0.550 e. The summed E-state index contributed by atoms with van der Waals surface area (Å²) in [6, 6.07) is 0. The van der Waals surface area contributed by atoms with Gasteiger partial charge in [0.2, 0.25) is 11.8 Å². The first-order valence-electron chi connectivity index (χ1n) is 10.9. The summed E-state index contributed by atoms with van der Waals surface area (Å²) in [5, 5.41) is 26.6. The molecule has 0 aromatic carbocycles. The summed E-state index contributed by atoms with van der Waals surface area (Å²) in [6.45, 7) is 0.440. The largest absolute Gasteiger partial charge is 1.00 e. The van der Waals surface area contributed by atoms with E-state index in [1.165, 1.54) is 0 Å². The molecule has 12 heteroatoms. The fourth-order valence-corrected chi connectivity index (χ4v) is 3.62. The van der Waals surface area contributed by atoms with Gasteiger partial charge in [-0.1, -0.05) is 12.2 Å². The number of amides is 2. The summed E-state index contributed by atoms with van der Waals surface area (Å²) in [5.74, 6) is -3.40. The summed E-state index contributed by atoms with van der Waals surface area (Å²) in [7, 11) is 3.61. The van der Waals surface area contributed by atoms with Gasteiger partial charge in [-0.3, -0.25) is 9.59 Å². The molecule has 180 valence electrons. The van der Waals surface area contributed by atoms with Gasteiger partial charge >= 0.3 is 59.1 Å². The molecule has 2 aliphatic heterocycles. The molecule has 10 nitrogen and oxygen atoms in total. The second-order valence-corrected chi connectivity index (χ2v) is 8.09. The zero-order valence-electron chi connectivity index (χ0n) is 20.9. The molecule has 35 heavy (non-hydrogen) atoms. The maximum atomic E-state index is 12.8. The molecular formula is C23H30N4Na2O6. The second kappa shape index (κ2) is 17.0. The molecule has 0 saturated carbocycles. The number of carbonyl (C=O) groups excluding carboxylic acids is 4. The number of carboxylic acids is 2. The molecule has 2 amide bonds. The van der Waals surface area contributed by atoms with Crippen LogP contribution in [0.2, 0.25) is 0 Å². The van der Waals surface area contributed by atoms with Crippen LogP contribution in [0.1, 0.15) is 32.1 Å². The van der Waals surface area contributed by atoms with Gasteiger partial charge in [-0.25, -0.2) is 0 Å². The number of nitrogens with zero attached hydrogens (tertiary/aromatic N) is 2. The number of hydrogen-bond donors (Lipinski definition) is 2. The van der Waals surface area contributed by atoms with Crippen LogP contribution in [0.4, 0.5) is 0 Å². The average Bonchev–Trinajstić information content (AvgIpc) is 2.76. The van der Waals surface area contributed by atoms with E-state index in [1.54, 1.807) is 36.3 Å². The van der Waals surface area contributed by atoms with Crippen LogP contribution in [0, 0.1) is 11.8 Å². The van der Waals surface area contributed by atoms with Crippen LogP contribution in [-0.2, 0) is 19.2 Å². The molecule has 0 aromatic heterocycles. The Morgan fingerprint density at radius 3 is 1.49 bits per heavy atom. The standard InChI is InChI=1S/C23H32N4O6.2Na/c1-26-11-7-16(18(14-26)22(32)24-9-3-5-20(28)29)13-17-8-12-27(2)15-19(17)23(33)25-10-4-6-21(30)31;;/h7-8,11-12,14-17H,3-6,9-10,13H2,1-2H3,(H,24,32)(H,25,33)(H,28,29)(H,30,31);;/q;2*+1/p-2. The van der Waals surface area contributed by atoms with Crippen molar-refractivity contribution in [3.63, 3.8) is 0 Å². The number of allylic oxidation sites excluding steroid dienone is 2. The van der Waals surface area contributed by atoms with E-state index < -0.39 is 11.9 Å². The molecule has 0 bridgehead atoms. The predicted molar refractivity (Wildman–Crippen MR) is 116 cm³/mol. The zero-order valence-corrected chi connectivity index (χ0v) is 24.9. The van der Waals surface area contributed by atoms with E-state index in [9.17, 15) is 29.4 Å². The summed E-state index contributed by atoms with van der Waals surface area (Å²) < 4.78 is 0. The minimum atomic E-state index is -1.16. The molecule has 2 rings (SSSR count). The Morgan fingerprint density at radius 2 is 1.14 bits per heavy atom. The molecule has 0 aromatic rings. The van der Waals surface area contributed by atoms with Gasteiger partial charge in [-0.05, 0) is 44.5 Å². The first-order chi connectivity index (χ1) is 15.7. The predicted octanol–water partition coefficient (Wildman–Crippen LogP) is -7.40. The zero-order chi connectivity index (χ0) is 24.4. The summed E-state index contributed by atoms with van der Waals surface area (Å²) in [4.78, 5) is 50.2. The molecule has 0 aliphatic carbocycles. The van der Waals surface area contributed by atoms with Crippen molar-refractivity contribution in [2.75, 3.05) is 27.2 Å². The Labute approximate surface area is 250 Å². The second-order valence-electron chi connectivity index (χ2n) is 8.09. The monoisotopic (exact) mass is 504 g/mol. The Hall–Kier alpha value is -1.56. The molecule has 2 aliphatic rings. The molecule has 2 atom stereocenters. The maximum absolute atomic E-state index is 12.8. The van der Waals surface area contributed by atoms with E-state index in [2.05, 4.69) is 10.6 Å². The Balaban J connectivity index is 0.00000578. The third-order valence-corrected chi connectivity index (χ3v) is 5.31. The van der Waals surface area contributed by atoms with Crippen molar-refractivity contribution >= 4 is 23.8 Å². The number of hydrogen-bond acceptors (Lipinski definition) is 8. The first kappa shape index (κ1) is 33.4. The number of carbonyl (C=O) groups is 4. The van der Waals surface area contributed by atoms with Crippen molar-refractivity contribution in [2.24, 2.45) is 11.8 Å². The first-order valence-corrected chi connectivity index (χ1v) is 10.9. The maximum Gasteiger partial charge on any atom is 1.00 e. The van der Waals surface area contributed by atoms with E-state index in [-0.39, 0.29) is 122 Å². The normalized spacial score (nSPS) is 18.5. The van der Waals surface area contributed by atoms with Gasteiger partial charge in [0.25, 0.3) is 0 Å². The topological polar surface area (TPSA) is 145 Å². The van der Waals surface area contributed by atoms with Crippen molar-refractivity contribution in [1.29, 1.82) is 0 Å². The number of aliphatic carboxylic acids is 2. The van der Waals surface area contributed by atoms with Crippen LogP contribution in [0.25, 0.3) is 0 Å². The minimum Gasteiger partial charge on any atom is -0.550 e. The van der Waals surface area contributed by atoms with Crippen molar-refractivity contribution in [2.45, 2.75) is 32.1 Å². The van der Waals surface area contributed by atoms with E-state index in [4.69, 9.17) is 0 Å². The van der Waals surface area contributed by atoms with Gasteiger partial charge in [0.15, 0.2) is 0 Å². The van der Waals surface area contributed by atoms with Gasteiger partial charge < -0.3 is 40.2 Å². The Kier molecular flexibility index (Phi) is 16.2. The Morgan fingerprint density at radius 1 is 0.771 bits per heavy atom. The van der Waals surface area contributed by atoms with Crippen LogP contribution in [0.15, 0.2) is 48.1 Å². The van der Waals surface area contributed by atoms with Crippen molar-refractivity contribution in [1.82, 2.24) is 20.4 Å². The Bertz CT molecular complexity index is 817. The number of carboxylic acid groups (broad SMARTS) is 2. The van der Waals surface area contributed by atoms with Gasteiger partial charge in [0.05, 0.1) is 0 Å². The van der Waals surface area contributed by atoms with Crippen molar-refractivity contribution in [3.8, 4) is 0 Å². The fraction of sp³-hybridized carbons (Fsp3) is 0.478. The third kappa shape index (κ3) is 11.8. The summed E-state index contributed by atoms with van der Waals surface area (Å²) in [6.07, 6.45) is 11.7. The quantitative estimate of drug-likeness (QED) is 0.197. The van der Waals surface area contributed by atoms with Gasteiger partial charge in [-0.2, -0.15) is 0 Å². The van der Waals surface area contributed by atoms with Crippen LogP contribution in [-0.4, -0.2) is 60.7 Å². The molecule has 2 N–H and O–H groups in total. The van der Waals surface area contributed by atoms with Gasteiger partial charge in [-0.15, -0.1) is 0 Å². The third-order valence-electron chi connectivity index (χ3n) is 5.31. The summed E-state index contributed by atoms with van der Waals surface area (Å²) in [5.41, 5.74) is 1.05.